The molecule has 0 spiro atoms. The van der Waals surface area contributed by atoms with Crippen molar-refractivity contribution >= 4 is 15.9 Å². The number of aryl methyl sites for hydroxylation is 1. The second kappa shape index (κ2) is 9.00. The lowest BCUT2D eigenvalue weighted by molar-refractivity contribution is 0.0697. The second-order valence-corrected chi connectivity index (χ2v) is 8.98. The molecule has 0 aliphatic carbocycles. The number of hydrogen-bond acceptors (Lipinski definition) is 3. The SMILES string of the molecule is CCCCc1ccc(C(=O)N2CCN(S(=O)(=O)c3cc(F)ccc3F)CC2)cc1. The molecule has 1 saturated heterocycles. The Morgan fingerprint density at radius 2 is 1.66 bits per heavy atom. The number of halogens is 2. The largest absolute Gasteiger partial charge is 0.336 e. The van der Waals surface area contributed by atoms with E-state index in [1.165, 1.54) is 5.56 Å². The van der Waals surface area contributed by atoms with Gasteiger partial charge in [0, 0.05) is 31.7 Å². The number of amides is 1. The van der Waals surface area contributed by atoms with Gasteiger partial charge >= 0.3 is 0 Å². The highest BCUT2D eigenvalue weighted by Gasteiger charge is 2.32. The molecule has 3 rings (SSSR count). The van der Waals surface area contributed by atoms with E-state index in [1.54, 1.807) is 17.0 Å². The zero-order valence-electron chi connectivity index (χ0n) is 16.3. The van der Waals surface area contributed by atoms with Crippen LogP contribution in [0.3, 0.4) is 0 Å². The maximum Gasteiger partial charge on any atom is 0.253 e. The highest BCUT2D eigenvalue weighted by Crippen LogP contribution is 2.22. The Bertz CT molecular complexity index is 970. The Kier molecular flexibility index (Phi) is 6.64. The molecular formula is C21H24F2N2O3S. The normalized spacial score (nSPS) is 15.5. The van der Waals surface area contributed by atoms with E-state index in [2.05, 4.69) is 6.92 Å². The molecule has 0 bridgehead atoms. The Hall–Kier alpha value is -2.32. The first-order valence-electron chi connectivity index (χ1n) is 9.66. The minimum Gasteiger partial charge on any atom is -0.336 e. The molecule has 8 heteroatoms. The lowest BCUT2D eigenvalue weighted by atomic mass is 10.1. The summed E-state index contributed by atoms with van der Waals surface area (Å²) < 4.78 is 53.7. The number of carbonyl (C=O) groups excluding carboxylic acids is 1. The first-order chi connectivity index (χ1) is 13.8. The van der Waals surface area contributed by atoms with Gasteiger partial charge in [0.2, 0.25) is 10.0 Å². The van der Waals surface area contributed by atoms with E-state index < -0.39 is 26.6 Å². The summed E-state index contributed by atoms with van der Waals surface area (Å²) in [5.74, 6) is -1.98. The van der Waals surface area contributed by atoms with Gasteiger partial charge in [-0.1, -0.05) is 25.5 Å². The van der Waals surface area contributed by atoms with Gasteiger partial charge in [-0.25, -0.2) is 17.2 Å². The average molecular weight is 422 g/mol. The zero-order valence-corrected chi connectivity index (χ0v) is 17.1. The predicted octanol–water partition coefficient (Wildman–Crippen LogP) is 3.45. The van der Waals surface area contributed by atoms with Gasteiger partial charge in [0.25, 0.3) is 5.91 Å². The van der Waals surface area contributed by atoms with Crippen LogP contribution < -0.4 is 0 Å². The molecule has 29 heavy (non-hydrogen) atoms. The molecule has 0 radical (unpaired) electrons. The molecule has 0 aromatic heterocycles. The Labute approximate surface area is 170 Å². The molecule has 1 fully saturated rings. The Morgan fingerprint density at radius 1 is 1.00 bits per heavy atom. The number of carbonyl (C=O) groups is 1. The van der Waals surface area contributed by atoms with Crippen LogP contribution in [-0.4, -0.2) is 49.7 Å². The third-order valence-corrected chi connectivity index (χ3v) is 6.97. The maximum atomic E-state index is 13.9. The lowest BCUT2D eigenvalue weighted by Gasteiger charge is -2.34. The predicted molar refractivity (Wildman–Crippen MR) is 106 cm³/mol. The molecular weight excluding hydrogens is 398 g/mol. The number of benzene rings is 2. The molecule has 2 aromatic carbocycles. The molecule has 1 aliphatic rings. The summed E-state index contributed by atoms with van der Waals surface area (Å²) in [5.41, 5.74) is 1.73. The second-order valence-electron chi connectivity index (χ2n) is 7.07. The summed E-state index contributed by atoms with van der Waals surface area (Å²) in [5, 5.41) is 0. The summed E-state index contributed by atoms with van der Waals surface area (Å²) in [6, 6.07) is 9.82. The standard InChI is InChI=1S/C21H24F2N2O3S/c1-2-3-4-16-5-7-17(8-6-16)21(26)24-11-13-25(14-12-24)29(27,28)20-15-18(22)9-10-19(20)23/h5-10,15H,2-4,11-14H2,1H3. The number of nitrogens with zero attached hydrogens (tertiary/aromatic N) is 2. The van der Waals surface area contributed by atoms with Crippen molar-refractivity contribution in [2.75, 3.05) is 26.2 Å². The van der Waals surface area contributed by atoms with Crippen molar-refractivity contribution in [3.8, 4) is 0 Å². The van der Waals surface area contributed by atoms with Crippen molar-refractivity contribution in [3.63, 3.8) is 0 Å². The monoisotopic (exact) mass is 422 g/mol. The van der Waals surface area contributed by atoms with Gasteiger partial charge in [-0.3, -0.25) is 4.79 Å². The minimum atomic E-state index is -4.16. The van der Waals surface area contributed by atoms with Crippen LogP contribution in [0.2, 0.25) is 0 Å². The van der Waals surface area contributed by atoms with Crippen LogP contribution in [-0.2, 0) is 16.4 Å². The van der Waals surface area contributed by atoms with Crippen LogP contribution in [0.25, 0.3) is 0 Å². The third-order valence-electron chi connectivity index (χ3n) is 5.06. The maximum absolute atomic E-state index is 13.9. The quantitative estimate of drug-likeness (QED) is 0.717. The summed E-state index contributed by atoms with van der Waals surface area (Å²) in [4.78, 5) is 13.6. The number of rotatable bonds is 6. The molecule has 1 heterocycles. The van der Waals surface area contributed by atoms with Gasteiger partial charge in [0.1, 0.15) is 16.5 Å². The van der Waals surface area contributed by atoms with Crippen LogP contribution >= 0.6 is 0 Å². The van der Waals surface area contributed by atoms with Crippen molar-refractivity contribution in [3.05, 3.63) is 65.2 Å². The van der Waals surface area contributed by atoms with E-state index >= 15 is 0 Å². The van der Waals surface area contributed by atoms with Crippen LogP contribution in [0.15, 0.2) is 47.4 Å². The fourth-order valence-corrected chi connectivity index (χ4v) is 4.82. The fraction of sp³-hybridized carbons (Fsp3) is 0.381. The van der Waals surface area contributed by atoms with Crippen molar-refractivity contribution in [2.24, 2.45) is 0 Å². The smallest absolute Gasteiger partial charge is 0.253 e. The van der Waals surface area contributed by atoms with Crippen LogP contribution in [0, 0.1) is 11.6 Å². The van der Waals surface area contributed by atoms with Crippen molar-refractivity contribution in [2.45, 2.75) is 31.1 Å². The lowest BCUT2D eigenvalue weighted by Crippen LogP contribution is -2.50. The highest BCUT2D eigenvalue weighted by atomic mass is 32.2. The highest BCUT2D eigenvalue weighted by molar-refractivity contribution is 7.89. The van der Waals surface area contributed by atoms with E-state index in [0.29, 0.717) is 11.6 Å². The first-order valence-corrected chi connectivity index (χ1v) is 11.1. The van der Waals surface area contributed by atoms with Crippen molar-refractivity contribution < 1.29 is 22.0 Å². The molecule has 0 atom stereocenters. The van der Waals surface area contributed by atoms with Gasteiger partial charge in [-0.15, -0.1) is 0 Å². The molecule has 0 saturated carbocycles. The van der Waals surface area contributed by atoms with Gasteiger partial charge in [0.15, 0.2) is 0 Å². The third kappa shape index (κ3) is 4.82. The topological polar surface area (TPSA) is 57.7 Å². The van der Waals surface area contributed by atoms with E-state index in [-0.39, 0.29) is 32.1 Å². The van der Waals surface area contributed by atoms with Gasteiger partial charge in [-0.2, -0.15) is 4.31 Å². The molecule has 0 unspecified atom stereocenters. The number of hydrogen-bond donors (Lipinski definition) is 0. The number of sulfonamides is 1. The molecule has 1 amide bonds. The first kappa shape index (κ1) is 21.4. The average Bonchev–Trinajstić information content (AvgIpc) is 2.74. The molecule has 0 N–H and O–H groups in total. The summed E-state index contributed by atoms with van der Waals surface area (Å²) in [6.07, 6.45) is 3.17. The number of unbranched alkanes of at least 4 members (excludes halogenated alkanes) is 1. The minimum absolute atomic E-state index is 0.0264. The Morgan fingerprint density at radius 3 is 2.28 bits per heavy atom. The van der Waals surface area contributed by atoms with Crippen LogP contribution in [0.4, 0.5) is 8.78 Å². The molecule has 1 aliphatic heterocycles. The molecule has 5 nitrogen and oxygen atoms in total. The Balaban J connectivity index is 1.65. The van der Waals surface area contributed by atoms with Gasteiger partial charge in [-0.05, 0) is 48.7 Å². The van der Waals surface area contributed by atoms with E-state index in [9.17, 15) is 22.0 Å². The fourth-order valence-electron chi connectivity index (χ4n) is 3.32. The van der Waals surface area contributed by atoms with E-state index in [0.717, 1.165) is 35.7 Å². The van der Waals surface area contributed by atoms with Gasteiger partial charge in [0.05, 0.1) is 0 Å². The van der Waals surface area contributed by atoms with E-state index in [4.69, 9.17) is 0 Å². The molecule has 156 valence electrons. The van der Waals surface area contributed by atoms with Crippen LogP contribution in [0.1, 0.15) is 35.7 Å². The van der Waals surface area contributed by atoms with Crippen molar-refractivity contribution in [1.82, 2.24) is 9.21 Å². The number of piperazine rings is 1. The van der Waals surface area contributed by atoms with E-state index in [1.807, 2.05) is 12.1 Å². The summed E-state index contributed by atoms with van der Waals surface area (Å²) in [7, 11) is -4.16. The summed E-state index contributed by atoms with van der Waals surface area (Å²) in [6.45, 7) is 2.55. The van der Waals surface area contributed by atoms with Gasteiger partial charge < -0.3 is 4.90 Å². The summed E-state index contributed by atoms with van der Waals surface area (Å²) >= 11 is 0. The molecule has 2 aromatic rings. The zero-order chi connectivity index (χ0) is 21.0. The van der Waals surface area contributed by atoms with Crippen LogP contribution in [0.5, 0.6) is 0 Å². The van der Waals surface area contributed by atoms with Crippen molar-refractivity contribution in [1.29, 1.82) is 0 Å².